The Morgan fingerprint density at radius 1 is 0.929 bits per heavy atom. The van der Waals surface area contributed by atoms with Gasteiger partial charge in [0.15, 0.2) is 5.82 Å². The summed E-state index contributed by atoms with van der Waals surface area (Å²) >= 11 is 0. The summed E-state index contributed by atoms with van der Waals surface area (Å²) in [4.78, 5) is 12.3. The lowest BCUT2D eigenvalue weighted by Crippen LogP contribution is -2.14. The van der Waals surface area contributed by atoms with Gasteiger partial charge in [0.1, 0.15) is 11.6 Å². The molecule has 0 atom stereocenters. The Hall–Kier alpha value is -3.41. The summed E-state index contributed by atoms with van der Waals surface area (Å²) in [6.45, 7) is 4.73. The van der Waals surface area contributed by atoms with Gasteiger partial charge in [-0.3, -0.25) is 4.79 Å². The van der Waals surface area contributed by atoms with Gasteiger partial charge in [-0.25, -0.2) is 0 Å². The maximum absolute atomic E-state index is 12.3. The van der Waals surface area contributed by atoms with Crippen molar-refractivity contribution in [2.45, 2.75) is 20.3 Å². The third-order valence-electron chi connectivity index (χ3n) is 4.55. The first-order chi connectivity index (χ1) is 13.5. The van der Waals surface area contributed by atoms with Crippen molar-refractivity contribution in [3.63, 3.8) is 0 Å². The molecule has 1 amide bonds. The third-order valence-corrected chi connectivity index (χ3v) is 4.55. The van der Waals surface area contributed by atoms with Gasteiger partial charge in [-0.15, -0.1) is 10.2 Å². The summed E-state index contributed by atoms with van der Waals surface area (Å²) in [6.07, 6.45) is 0.858. The maximum atomic E-state index is 12.3. The Morgan fingerprint density at radius 3 is 2.29 bits per heavy atom. The molecule has 6 nitrogen and oxygen atoms in total. The van der Waals surface area contributed by atoms with Crippen molar-refractivity contribution in [3.05, 3.63) is 76.9 Å². The van der Waals surface area contributed by atoms with Gasteiger partial charge in [0.05, 0.1) is 7.11 Å². The fourth-order valence-electron chi connectivity index (χ4n) is 2.69. The molecule has 3 rings (SSSR count). The second-order valence-corrected chi connectivity index (χ2v) is 6.58. The number of carbonyl (C=O) groups is 1. The summed E-state index contributed by atoms with van der Waals surface area (Å²) in [5.74, 6) is 1.74. The average Bonchev–Trinajstić information content (AvgIpc) is 2.72. The number of benzene rings is 2. The largest absolute Gasteiger partial charge is 0.497 e. The Bertz CT molecular complexity index is 938. The van der Waals surface area contributed by atoms with Crippen molar-refractivity contribution < 1.29 is 9.53 Å². The lowest BCUT2D eigenvalue weighted by Gasteiger charge is -2.08. The van der Waals surface area contributed by atoms with Crippen LogP contribution in [0.4, 0.5) is 11.6 Å². The van der Waals surface area contributed by atoms with E-state index in [0.717, 1.165) is 29.8 Å². The zero-order valence-corrected chi connectivity index (χ0v) is 16.3. The number of amides is 1. The molecule has 1 heterocycles. The molecule has 0 unspecified atom stereocenters. The van der Waals surface area contributed by atoms with Crippen LogP contribution in [0.5, 0.6) is 5.75 Å². The zero-order chi connectivity index (χ0) is 19.9. The SMILES string of the molecule is COc1ccc(CCNc2ccc(NC(=O)c3ccc(C)c(C)c3)nn2)cc1. The quantitative estimate of drug-likeness (QED) is 0.652. The molecule has 1 aromatic heterocycles. The highest BCUT2D eigenvalue weighted by Crippen LogP contribution is 2.14. The van der Waals surface area contributed by atoms with Gasteiger partial charge < -0.3 is 15.4 Å². The van der Waals surface area contributed by atoms with Crippen LogP contribution in [-0.4, -0.2) is 29.8 Å². The number of aromatic nitrogens is 2. The second kappa shape index (κ2) is 8.99. The van der Waals surface area contributed by atoms with Crippen molar-refractivity contribution in [3.8, 4) is 5.75 Å². The molecule has 144 valence electrons. The summed E-state index contributed by atoms with van der Waals surface area (Å²) in [7, 11) is 1.66. The molecule has 2 aromatic carbocycles. The van der Waals surface area contributed by atoms with E-state index in [2.05, 4.69) is 20.8 Å². The smallest absolute Gasteiger partial charge is 0.256 e. The molecule has 0 fully saturated rings. The molecule has 6 heteroatoms. The first-order valence-corrected chi connectivity index (χ1v) is 9.14. The number of methoxy groups -OCH3 is 1. The van der Waals surface area contributed by atoms with Gasteiger partial charge in [-0.1, -0.05) is 18.2 Å². The minimum atomic E-state index is -0.197. The summed E-state index contributed by atoms with van der Waals surface area (Å²) in [5.41, 5.74) is 4.04. The lowest BCUT2D eigenvalue weighted by molar-refractivity contribution is 0.102. The van der Waals surface area contributed by atoms with Crippen molar-refractivity contribution in [1.82, 2.24) is 10.2 Å². The van der Waals surface area contributed by atoms with E-state index in [9.17, 15) is 4.79 Å². The molecular weight excluding hydrogens is 352 g/mol. The summed E-state index contributed by atoms with van der Waals surface area (Å²) in [6, 6.07) is 17.1. The summed E-state index contributed by atoms with van der Waals surface area (Å²) < 4.78 is 5.16. The van der Waals surface area contributed by atoms with Gasteiger partial charge in [-0.05, 0) is 73.4 Å². The van der Waals surface area contributed by atoms with E-state index in [1.165, 1.54) is 5.56 Å². The molecule has 0 spiro atoms. The number of anilines is 2. The third kappa shape index (κ3) is 5.07. The molecule has 0 aliphatic carbocycles. The predicted octanol–water partition coefficient (Wildman–Crippen LogP) is 4.01. The Kier molecular flexibility index (Phi) is 6.22. The molecular formula is C22H24N4O2. The van der Waals surface area contributed by atoms with E-state index in [0.29, 0.717) is 17.2 Å². The van der Waals surface area contributed by atoms with Crippen LogP contribution in [0, 0.1) is 13.8 Å². The van der Waals surface area contributed by atoms with Crippen LogP contribution in [0.1, 0.15) is 27.0 Å². The van der Waals surface area contributed by atoms with Crippen molar-refractivity contribution in [2.24, 2.45) is 0 Å². The molecule has 0 saturated heterocycles. The van der Waals surface area contributed by atoms with E-state index in [4.69, 9.17) is 4.74 Å². The van der Waals surface area contributed by atoms with E-state index in [1.54, 1.807) is 25.3 Å². The van der Waals surface area contributed by atoms with E-state index < -0.39 is 0 Å². The number of ether oxygens (including phenoxy) is 1. The van der Waals surface area contributed by atoms with Crippen LogP contribution >= 0.6 is 0 Å². The van der Waals surface area contributed by atoms with E-state index in [1.807, 2.05) is 50.2 Å². The fourth-order valence-corrected chi connectivity index (χ4v) is 2.69. The number of nitrogens with one attached hydrogen (secondary N) is 2. The highest BCUT2D eigenvalue weighted by atomic mass is 16.5. The van der Waals surface area contributed by atoms with Crippen LogP contribution in [0.3, 0.4) is 0 Å². The Balaban J connectivity index is 1.51. The molecule has 3 aromatic rings. The van der Waals surface area contributed by atoms with E-state index in [-0.39, 0.29) is 5.91 Å². The minimum Gasteiger partial charge on any atom is -0.497 e. The molecule has 28 heavy (non-hydrogen) atoms. The molecule has 0 aliphatic rings. The van der Waals surface area contributed by atoms with Crippen LogP contribution in [0.2, 0.25) is 0 Å². The molecule has 0 saturated carbocycles. The van der Waals surface area contributed by atoms with E-state index >= 15 is 0 Å². The molecule has 0 aliphatic heterocycles. The predicted molar refractivity (Wildman–Crippen MR) is 111 cm³/mol. The summed E-state index contributed by atoms with van der Waals surface area (Å²) in [5, 5.41) is 14.2. The fraction of sp³-hybridized carbons (Fsp3) is 0.227. The minimum absolute atomic E-state index is 0.197. The number of nitrogens with zero attached hydrogens (tertiary/aromatic N) is 2. The number of carbonyl (C=O) groups excluding carboxylic acids is 1. The highest BCUT2D eigenvalue weighted by Gasteiger charge is 2.08. The topological polar surface area (TPSA) is 76.1 Å². The van der Waals surface area contributed by atoms with Gasteiger partial charge in [0, 0.05) is 12.1 Å². The highest BCUT2D eigenvalue weighted by molar-refractivity contribution is 6.03. The maximum Gasteiger partial charge on any atom is 0.256 e. The lowest BCUT2D eigenvalue weighted by atomic mass is 10.1. The molecule has 0 radical (unpaired) electrons. The van der Waals surface area contributed by atoms with Crippen LogP contribution in [-0.2, 0) is 6.42 Å². The average molecular weight is 376 g/mol. The van der Waals surface area contributed by atoms with Gasteiger partial charge >= 0.3 is 0 Å². The van der Waals surface area contributed by atoms with Crippen LogP contribution < -0.4 is 15.4 Å². The standard InChI is InChI=1S/C22H24N4O2/c1-15-4-7-18(14-16(15)2)22(27)24-21-11-10-20(25-26-21)23-13-12-17-5-8-19(28-3)9-6-17/h4-11,14H,12-13H2,1-3H3,(H,23,25)(H,24,26,27). The van der Waals surface area contributed by atoms with Crippen LogP contribution in [0.25, 0.3) is 0 Å². The Morgan fingerprint density at radius 2 is 1.64 bits per heavy atom. The molecule has 2 N–H and O–H groups in total. The van der Waals surface area contributed by atoms with Crippen molar-refractivity contribution in [1.29, 1.82) is 0 Å². The van der Waals surface area contributed by atoms with Crippen LogP contribution in [0.15, 0.2) is 54.6 Å². The number of aryl methyl sites for hydroxylation is 2. The monoisotopic (exact) mass is 376 g/mol. The number of rotatable bonds is 7. The zero-order valence-electron chi connectivity index (χ0n) is 16.3. The van der Waals surface area contributed by atoms with Gasteiger partial charge in [-0.2, -0.15) is 0 Å². The van der Waals surface area contributed by atoms with Crippen molar-refractivity contribution >= 4 is 17.5 Å². The van der Waals surface area contributed by atoms with Gasteiger partial charge in [0.25, 0.3) is 5.91 Å². The second-order valence-electron chi connectivity index (χ2n) is 6.58. The Labute approximate surface area is 165 Å². The number of hydrogen-bond acceptors (Lipinski definition) is 5. The normalized spacial score (nSPS) is 10.4. The molecule has 0 bridgehead atoms. The first kappa shape index (κ1) is 19.4. The first-order valence-electron chi connectivity index (χ1n) is 9.14. The number of hydrogen-bond donors (Lipinski definition) is 2. The van der Waals surface area contributed by atoms with Gasteiger partial charge in [0.2, 0.25) is 0 Å². The van der Waals surface area contributed by atoms with Crippen molar-refractivity contribution in [2.75, 3.05) is 24.3 Å².